The summed E-state index contributed by atoms with van der Waals surface area (Å²) in [7, 11) is 1.18. The van der Waals surface area contributed by atoms with Gasteiger partial charge < -0.3 is 10.1 Å². The average molecular weight is 287 g/mol. The zero-order valence-corrected chi connectivity index (χ0v) is 11.0. The molecule has 0 aliphatic heterocycles. The first-order valence-electron chi connectivity index (χ1n) is 6.41. The molecule has 0 heterocycles. The van der Waals surface area contributed by atoms with Gasteiger partial charge >= 0.3 is 12.1 Å². The Kier molecular flexibility index (Phi) is 4.32. The predicted octanol–water partition coefficient (Wildman–Crippen LogP) is 2.71. The number of carbonyl (C=O) groups excluding carboxylic acids is 1. The van der Waals surface area contributed by atoms with Crippen LogP contribution < -0.4 is 5.32 Å². The molecule has 1 unspecified atom stereocenters. The summed E-state index contributed by atoms with van der Waals surface area (Å²) < 4.78 is 43.7. The lowest BCUT2D eigenvalue weighted by molar-refractivity contribution is -0.144. The number of methoxy groups -OCH3 is 1. The second-order valence-corrected chi connectivity index (χ2v) is 4.84. The molecule has 0 amide bonds. The Morgan fingerprint density at radius 3 is 2.60 bits per heavy atom. The van der Waals surface area contributed by atoms with Crippen molar-refractivity contribution in [1.82, 2.24) is 5.32 Å². The van der Waals surface area contributed by atoms with Crippen LogP contribution in [-0.2, 0) is 15.7 Å². The zero-order chi connectivity index (χ0) is 14.8. The number of hydrogen-bond acceptors (Lipinski definition) is 3. The second kappa shape index (κ2) is 5.83. The fourth-order valence-corrected chi connectivity index (χ4v) is 2.09. The minimum absolute atomic E-state index is 0.0417. The van der Waals surface area contributed by atoms with Gasteiger partial charge in [0.2, 0.25) is 0 Å². The van der Waals surface area contributed by atoms with Crippen molar-refractivity contribution >= 4 is 5.97 Å². The molecule has 1 aromatic carbocycles. The van der Waals surface area contributed by atoms with Crippen LogP contribution in [0.5, 0.6) is 0 Å². The number of hydrogen-bond donors (Lipinski definition) is 1. The van der Waals surface area contributed by atoms with E-state index in [2.05, 4.69) is 10.1 Å². The van der Waals surface area contributed by atoms with Gasteiger partial charge in [-0.3, -0.25) is 4.79 Å². The molecule has 0 radical (unpaired) electrons. The molecule has 1 aromatic rings. The number of alkyl halides is 3. The summed E-state index contributed by atoms with van der Waals surface area (Å²) in [4.78, 5) is 11.8. The number of halogens is 3. The first kappa shape index (κ1) is 14.8. The molecular formula is C14H16F3NO2. The minimum Gasteiger partial charge on any atom is -0.469 e. The highest BCUT2D eigenvalue weighted by Gasteiger charge is 2.37. The molecule has 0 saturated heterocycles. The van der Waals surface area contributed by atoms with Crippen LogP contribution in [-0.4, -0.2) is 25.7 Å². The Morgan fingerprint density at radius 1 is 1.40 bits per heavy atom. The molecule has 6 heteroatoms. The quantitative estimate of drug-likeness (QED) is 0.846. The normalized spacial score (nSPS) is 16.8. The summed E-state index contributed by atoms with van der Waals surface area (Å²) >= 11 is 0. The minimum atomic E-state index is -4.48. The fraction of sp³-hybridized carbons (Fsp3) is 0.500. The van der Waals surface area contributed by atoms with Gasteiger partial charge in [0, 0.05) is 12.6 Å². The highest BCUT2D eigenvalue weighted by atomic mass is 19.4. The van der Waals surface area contributed by atoms with E-state index in [9.17, 15) is 18.0 Å². The lowest BCUT2D eigenvalue weighted by atomic mass is 9.93. The number of nitrogens with one attached hydrogen (secondary N) is 1. The van der Waals surface area contributed by atoms with E-state index < -0.39 is 23.6 Å². The molecule has 1 saturated carbocycles. The molecule has 110 valence electrons. The first-order chi connectivity index (χ1) is 9.43. The van der Waals surface area contributed by atoms with Crippen LogP contribution in [0.25, 0.3) is 0 Å². The maximum atomic E-state index is 13.0. The van der Waals surface area contributed by atoms with Gasteiger partial charge in [0.15, 0.2) is 0 Å². The zero-order valence-electron chi connectivity index (χ0n) is 11.0. The van der Waals surface area contributed by atoms with E-state index >= 15 is 0 Å². The predicted molar refractivity (Wildman–Crippen MR) is 67.2 cm³/mol. The third-order valence-electron chi connectivity index (χ3n) is 3.32. The third kappa shape index (κ3) is 3.50. The van der Waals surface area contributed by atoms with E-state index in [0.29, 0.717) is 6.04 Å². The molecule has 1 fully saturated rings. The van der Waals surface area contributed by atoms with Gasteiger partial charge in [-0.05, 0) is 24.5 Å². The number of benzene rings is 1. The van der Waals surface area contributed by atoms with Gasteiger partial charge in [-0.15, -0.1) is 0 Å². The van der Waals surface area contributed by atoms with Gasteiger partial charge in [0.1, 0.15) is 0 Å². The van der Waals surface area contributed by atoms with Crippen molar-refractivity contribution in [2.45, 2.75) is 31.0 Å². The Morgan fingerprint density at radius 2 is 2.05 bits per heavy atom. The standard InChI is InChI=1S/C14H16F3NO2/c1-20-13(19)11(8-18-9-6-7-9)10-4-2-3-5-12(10)14(15,16)17/h2-5,9,11,18H,6-8H2,1H3. The number of rotatable bonds is 5. The molecule has 0 aromatic heterocycles. The molecule has 1 aliphatic carbocycles. The van der Waals surface area contributed by atoms with Crippen LogP contribution in [0, 0.1) is 0 Å². The van der Waals surface area contributed by atoms with Crippen molar-refractivity contribution in [1.29, 1.82) is 0 Å². The first-order valence-corrected chi connectivity index (χ1v) is 6.41. The Labute approximate surface area is 115 Å². The molecule has 0 bridgehead atoms. The van der Waals surface area contributed by atoms with Crippen LogP contribution in [0.2, 0.25) is 0 Å². The van der Waals surface area contributed by atoms with E-state index in [0.717, 1.165) is 18.9 Å². The molecule has 1 atom stereocenters. The Balaban J connectivity index is 2.29. The van der Waals surface area contributed by atoms with Crippen molar-refractivity contribution in [3.05, 3.63) is 35.4 Å². The van der Waals surface area contributed by atoms with Crippen LogP contribution >= 0.6 is 0 Å². The lowest BCUT2D eigenvalue weighted by Gasteiger charge is -2.20. The number of carbonyl (C=O) groups is 1. The van der Waals surface area contributed by atoms with Crippen molar-refractivity contribution < 1.29 is 22.7 Å². The molecule has 1 aliphatic rings. The lowest BCUT2D eigenvalue weighted by Crippen LogP contribution is -2.30. The topological polar surface area (TPSA) is 38.3 Å². The molecular weight excluding hydrogens is 271 g/mol. The monoisotopic (exact) mass is 287 g/mol. The molecule has 3 nitrogen and oxygen atoms in total. The van der Waals surface area contributed by atoms with Crippen molar-refractivity contribution in [2.24, 2.45) is 0 Å². The fourth-order valence-electron chi connectivity index (χ4n) is 2.09. The summed E-state index contributed by atoms with van der Waals surface area (Å²) in [5.74, 6) is -1.60. The molecule has 2 rings (SSSR count). The highest BCUT2D eigenvalue weighted by molar-refractivity contribution is 5.79. The van der Waals surface area contributed by atoms with E-state index in [1.807, 2.05) is 0 Å². The third-order valence-corrected chi connectivity index (χ3v) is 3.32. The highest BCUT2D eigenvalue weighted by Crippen LogP contribution is 2.35. The van der Waals surface area contributed by atoms with Crippen molar-refractivity contribution in [2.75, 3.05) is 13.7 Å². The van der Waals surface area contributed by atoms with Gasteiger partial charge in [0.25, 0.3) is 0 Å². The number of esters is 1. The van der Waals surface area contributed by atoms with Gasteiger partial charge in [0.05, 0.1) is 18.6 Å². The number of ether oxygens (including phenoxy) is 1. The van der Waals surface area contributed by atoms with Crippen LogP contribution in [0.4, 0.5) is 13.2 Å². The average Bonchev–Trinajstić information content (AvgIpc) is 3.22. The van der Waals surface area contributed by atoms with Gasteiger partial charge in [-0.2, -0.15) is 13.2 Å². The van der Waals surface area contributed by atoms with E-state index in [4.69, 9.17) is 0 Å². The van der Waals surface area contributed by atoms with Crippen LogP contribution in [0.3, 0.4) is 0 Å². The SMILES string of the molecule is COC(=O)C(CNC1CC1)c1ccccc1C(F)(F)F. The van der Waals surface area contributed by atoms with Crippen LogP contribution in [0.15, 0.2) is 24.3 Å². The molecule has 1 N–H and O–H groups in total. The Bertz CT molecular complexity index is 484. The summed E-state index contributed by atoms with van der Waals surface area (Å²) in [5, 5.41) is 3.08. The summed E-state index contributed by atoms with van der Waals surface area (Å²) in [6.45, 7) is 0.157. The maximum absolute atomic E-state index is 13.0. The molecule has 0 spiro atoms. The smallest absolute Gasteiger partial charge is 0.416 e. The summed E-state index contributed by atoms with van der Waals surface area (Å²) in [6.07, 6.45) is -2.49. The van der Waals surface area contributed by atoms with Crippen molar-refractivity contribution in [3.8, 4) is 0 Å². The molecule has 20 heavy (non-hydrogen) atoms. The summed E-state index contributed by atoms with van der Waals surface area (Å²) in [5.41, 5.74) is -0.826. The maximum Gasteiger partial charge on any atom is 0.416 e. The summed E-state index contributed by atoms with van der Waals surface area (Å²) in [6, 6.07) is 5.44. The van der Waals surface area contributed by atoms with Gasteiger partial charge in [-0.1, -0.05) is 18.2 Å². The van der Waals surface area contributed by atoms with E-state index in [-0.39, 0.29) is 12.1 Å². The second-order valence-electron chi connectivity index (χ2n) is 4.84. The van der Waals surface area contributed by atoms with E-state index in [1.165, 1.54) is 25.3 Å². The van der Waals surface area contributed by atoms with Crippen molar-refractivity contribution in [3.63, 3.8) is 0 Å². The van der Waals surface area contributed by atoms with E-state index in [1.54, 1.807) is 0 Å². The Hall–Kier alpha value is -1.56. The van der Waals surface area contributed by atoms with Crippen LogP contribution in [0.1, 0.15) is 29.9 Å². The van der Waals surface area contributed by atoms with Gasteiger partial charge in [-0.25, -0.2) is 0 Å². The largest absolute Gasteiger partial charge is 0.469 e.